The van der Waals surface area contributed by atoms with Gasteiger partial charge in [-0.15, -0.1) is 0 Å². The molecule has 150 valence electrons. The lowest BCUT2D eigenvalue weighted by atomic mass is 10.1. The zero-order valence-corrected chi connectivity index (χ0v) is 16.8. The highest BCUT2D eigenvalue weighted by Gasteiger charge is 2.26. The number of carbonyl (C=O) groups excluding carboxylic acids is 1. The first-order valence-electron chi connectivity index (χ1n) is 9.04. The predicted octanol–water partition coefficient (Wildman–Crippen LogP) is 2.42. The Hall–Kier alpha value is -2.58. The van der Waals surface area contributed by atoms with E-state index in [4.69, 9.17) is 9.47 Å². The molecule has 2 aromatic carbocycles. The van der Waals surface area contributed by atoms with Crippen LogP contribution in [0.25, 0.3) is 0 Å². The number of amides is 1. The van der Waals surface area contributed by atoms with Gasteiger partial charge in [0.25, 0.3) is 5.91 Å². The first-order chi connectivity index (χ1) is 13.4. The van der Waals surface area contributed by atoms with Gasteiger partial charge in [0, 0.05) is 31.3 Å². The van der Waals surface area contributed by atoms with Crippen molar-refractivity contribution in [2.75, 3.05) is 27.3 Å². The minimum Gasteiger partial charge on any atom is -0.497 e. The number of carbonyl (C=O) groups is 1. The lowest BCUT2D eigenvalue weighted by Crippen LogP contribution is -2.28. The number of nitrogens with zero attached hydrogens (tertiary/aromatic N) is 1. The molecule has 1 fully saturated rings. The normalized spacial score (nSPS) is 14.6. The molecule has 0 atom stereocenters. The quantitative estimate of drug-likeness (QED) is 0.766. The van der Waals surface area contributed by atoms with Crippen LogP contribution >= 0.6 is 0 Å². The van der Waals surface area contributed by atoms with E-state index in [9.17, 15) is 13.2 Å². The van der Waals surface area contributed by atoms with Gasteiger partial charge >= 0.3 is 0 Å². The maximum atomic E-state index is 12.6. The van der Waals surface area contributed by atoms with Crippen molar-refractivity contribution in [3.63, 3.8) is 0 Å². The highest BCUT2D eigenvalue weighted by molar-refractivity contribution is 7.89. The summed E-state index contributed by atoms with van der Waals surface area (Å²) in [5.41, 5.74) is 1.23. The molecule has 0 radical (unpaired) electrons. The van der Waals surface area contributed by atoms with Crippen LogP contribution in [-0.2, 0) is 16.6 Å². The van der Waals surface area contributed by atoms with Crippen LogP contribution in [0.15, 0.2) is 47.4 Å². The third-order valence-corrected chi connectivity index (χ3v) is 6.61. The van der Waals surface area contributed by atoms with Gasteiger partial charge in [-0.2, -0.15) is 4.31 Å². The second kappa shape index (κ2) is 8.62. The Kier molecular flexibility index (Phi) is 6.21. The third kappa shape index (κ3) is 4.45. The predicted molar refractivity (Wildman–Crippen MR) is 105 cm³/mol. The zero-order chi connectivity index (χ0) is 20.1. The van der Waals surface area contributed by atoms with Crippen LogP contribution in [0, 0.1) is 0 Å². The average Bonchev–Trinajstić information content (AvgIpc) is 3.27. The van der Waals surface area contributed by atoms with E-state index in [2.05, 4.69) is 5.32 Å². The van der Waals surface area contributed by atoms with E-state index in [1.54, 1.807) is 42.5 Å². The number of nitrogens with one attached hydrogen (secondary N) is 1. The van der Waals surface area contributed by atoms with Crippen molar-refractivity contribution >= 4 is 15.9 Å². The summed E-state index contributed by atoms with van der Waals surface area (Å²) in [6.07, 6.45) is 1.80. The molecule has 1 amide bonds. The molecule has 0 bridgehead atoms. The third-order valence-electron chi connectivity index (χ3n) is 4.69. The molecule has 1 aliphatic rings. The van der Waals surface area contributed by atoms with Crippen molar-refractivity contribution in [1.82, 2.24) is 9.62 Å². The van der Waals surface area contributed by atoms with Crippen molar-refractivity contribution < 1.29 is 22.7 Å². The van der Waals surface area contributed by atoms with E-state index < -0.39 is 10.0 Å². The highest BCUT2D eigenvalue weighted by atomic mass is 32.2. The maximum absolute atomic E-state index is 12.6. The summed E-state index contributed by atoms with van der Waals surface area (Å²) in [6, 6.07) is 11.6. The van der Waals surface area contributed by atoms with Crippen LogP contribution < -0.4 is 14.8 Å². The van der Waals surface area contributed by atoms with Gasteiger partial charge in [-0.1, -0.05) is 12.1 Å². The lowest BCUT2D eigenvalue weighted by Gasteiger charge is -2.15. The maximum Gasteiger partial charge on any atom is 0.251 e. The minimum atomic E-state index is -3.43. The molecule has 1 heterocycles. The first kappa shape index (κ1) is 20.2. The van der Waals surface area contributed by atoms with Crippen LogP contribution in [0.3, 0.4) is 0 Å². The van der Waals surface area contributed by atoms with Gasteiger partial charge in [0.2, 0.25) is 10.0 Å². The standard InChI is InChI=1S/C20H24N2O5S/c1-26-17-11-16(12-18(13-17)27-2)20(23)21-14-15-5-7-19(8-6-15)28(24,25)22-9-3-4-10-22/h5-8,11-13H,3-4,9-10,14H2,1-2H3,(H,21,23). The summed E-state index contributed by atoms with van der Waals surface area (Å²) in [5, 5.41) is 2.82. The van der Waals surface area contributed by atoms with Crippen molar-refractivity contribution in [1.29, 1.82) is 0 Å². The van der Waals surface area contributed by atoms with Gasteiger partial charge in [-0.3, -0.25) is 4.79 Å². The monoisotopic (exact) mass is 404 g/mol. The van der Waals surface area contributed by atoms with E-state index in [1.807, 2.05) is 0 Å². The number of rotatable bonds is 7. The van der Waals surface area contributed by atoms with E-state index in [1.165, 1.54) is 18.5 Å². The number of hydrogen-bond donors (Lipinski definition) is 1. The largest absolute Gasteiger partial charge is 0.497 e. The van der Waals surface area contributed by atoms with Crippen LogP contribution in [0.2, 0.25) is 0 Å². The summed E-state index contributed by atoms with van der Waals surface area (Å²) in [6.45, 7) is 1.43. The molecule has 1 aliphatic heterocycles. The molecule has 1 saturated heterocycles. The number of sulfonamides is 1. The van der Waals surface area contributed by atoms with Crippen LogP contribution in [0.4, 0.5) is 0 Å². The van der Waals surface area contributed by atoms with Gasteiger partial charge < -0.3 is 14.8 Å². The van der Waals surface area contributed by atoms with Crippen molar-refractivity contribution in [2.45, 2.75) is 24.3 Å². The highest BCUT2D eigenvalue weighted by Crippen LogP contribution is 2.23. The second-order valence-electron chi connectivity index (χ2n) is 6.54. The molecular formula is C20H24N2O5S. The van der Waals surface area contributed by atoms with Gasteiger partial charge in [-0.05, 0) is 42.7 Å². The fourth-order valence-corrected chi connectivity index (χ4v) is 4.60. The lowest BCUT2D eigenvalue weighted by molar-refractivity contribution is 0.0950. The Balaban J connectivity index is 1.66. The van der Waals surface area contributed by atoms with Crippen LogP contribution in [0.5, 0.6) is 11.5 Å². The molecule has 2 aromatic rings. The smallest absolute Gasteiger partial charge is 0.251 e. The number of benzene rings is 2. The summed E-state index contributed by atoms with van der Waals surface area (Å²) < 4.78 is 37.0. The van der Waals surface area contributed by atoms with E-state index in [0.29, 0.717) is 30.2 Å². The number of methoxy groups -OCH3 is 2. The van der Waals surface area contributed by atoms with Gasteiger partial charge in [-0.25, -0.2) is 8.42 Å². The topological polar surface area (TPSA) is 84.9 Å². The van der Waals surface area contributed by atoms with Crippen LogP contribution in [0.1, 0.15) is 28.8 Å². The molecule has 28 heavy (non-hydrogen) atoms. The molecule has 7 nitrogen and oxygen atoms in total. The molecule has 3 rings (SSSR count). The Morgan fingerprint density at radius 2 is 1.57 bits per heavy atom. The van der Waals surface area contributed by atoms with Crippen LogP contribution in [-0.4, -0.2) is 45.9 Å². The molecule has 0 aliphatic carbocycles. The van der Waals surface area contributed by atoms with Crippen molar-refractivity contribution in [2.24, 2.45) is 0 Å². The fraction of sp³-hybridized carbons (Fsp3) is 0.350. The molecule has 0 aromatic heterocycles. The summed E-state index contributed by atoms with van der Waals surface area (Å²) in [4.78, 5) is 12.7. The zero-order valence-electron chi connectivity index (χ0n) is 16.0. The Labute approximate surface area is 165 Å². The summed E-state index contributed by atoms with van der Waals surface area (Å²) in [7, 11) is -0.383. The first-order valence-corrected chi connectivity index (χ1v) is 10.5. The number of ether oxygens (including phenoxy) is 2. The van der Waals surface area contributed by atoms with E-state index >= 15 is 0 Å². The molecule has 0 spiro atoms. The van der Waals surface area contributed by atoms with Gasteiger partial charge in [0.05, 0.1) is 19.1 Å². The van der Waals surface area contributed by atoms with Crippen molar-refractivity contribution in [3.8, 4) is 11.5 Å². The molecular weight excluding hydrogens is 380 g/mol. The molecule has 8 heteroatoms. The van der Waals surface area contributed by atoms with Gasteiger partial charge in [0.15, 0.2) is 0 Å². The van der Waals surface area contributed by atoms with Gasteiger partial charge in [0.1, 0.15) is 11.5 Å². The second-order valence-corrected chi connectivity index (χ2v) is 8.48. The molecule has 0 unspecified atom stereocenters. The van der Waals surface area contributed by atoms with E-state index in [0.717, 1.165) is 18.4 Å². The number of hydrogen-bond acceptors (Lipinski definition) is 5. The minimum absolute atomic E-state index is 0.272. The van der Waals surface area contributed by atoms with E-state index in [-0.39, 0.29) is 17.3 Å². The summed E-state index contributed by atoms with van der Waals surface area (Å²) >= 11 is 0. The van der Waals surface area contributed by atoms with Crippen molar-refractivity contribution in [3.05, 3.63) is 53.6 Å². The SMILES string of the molecule is COc1cc(OC)cc(C(=O)NCc2ccc(S(=O)(=O)N3CCCC3)cc2)c1. The Morgan fingerprint density at radius 3 is 2.11 bits per heavy atom. The fourth-order valence-electron chi connectivity index (χ4n) is 3.08. The molecule has 1 N–H and O–H groups in total. The Bertz CT molecular complexity index is 913. The summed E-state index contributed by atoms with van der Waals surface area (Å²) in [5.74, 6) is 0.785. The molecule has 0 saturated carbocycles. The Morgan fingerprint density at radius 1 is 1.00 bits per heavy atom. The average molecular weight is 404 g/mol.